The summed E-state index contributed by atoms with van der Waals surface area (Å²) in [4.78, 5) is 12.5. The van der Waals surface area contributed by atoms with Crippen LogP contribution >= 0.6 is 12.2 Å². The standard InChI is InChI=1S/C18H16N2O2S/c1-11-3-5-13(6-4-11)18(22)19-20-16-10-14(21)7-8-15(16)12(2)9-17(20)23/h3-10,21H,1-2H3,(H,19,22). The van der Waals surface area contributed by atoms with Crippen molar-refractivity contribution in [3.63, 3.8) is 0 Å². The molecule has 0 bridgehead atoms. The van der Waals surface area contributed by atoms with Crippen LogP contribution in [0.2, 0.25) is 0 Å². The maximum atomic E-state index is 12.5. The first kappa shape index (κ1) is 15.2. The third-order valence-electron chi connectivity index (χ3n) is 3.73. The molecule has 5 heteroatoms. The number of hydrogen-bond donors (Lipinski definition) is 2. The molecule has 0 atom stereocenters. The molecular weight excluding hydrogens is 308 g/mol. The van der Waals surface area contributed by atoms with Crippen molar-refractivity contribution in [2.45, 2.75) is 13.8 Å². The smallest absolute Gasteiger partial charge is 0.270 e. The zero-order valence-electron chi connectivity index (χ0n) is 12.8. The molecule has 3 rings (SSSR count). The third-order valence-corrected chi connectivity index (χ3v) is 4.03. The normalized spacial score (nSPS) is 10.7. The Balaban J connectivity index is 2.09. The van der Waals surface area contributed by atoms with Crippen LogP contribution in [0, 0.1) is 18.5 Å². The van der Waals surface area contributed by atoms with Crippen LogP contribution in [0.15, 0.2) is 48.5 Å². The molecule has 0 aliphatic rings. The number of nitrogens with zero attached hydrogens (tertiary/aromatic N) is 1. The lowest BCUT2D eigenvalue weighted by molar-refractivity contribution is 0.101. The van der Waals surface area contributed by atoms with E-state index in [1.807, 2.05) is 38.1 Å². The van der Waals surface area contributed by atoms with Gasteiger partial charge in [0.1, 0.15) is 10.4 Å². The molecule has 0 fully saturated rings. The van der Waals surface area contributed by atoms with Crippen molar-refractivity contribution in [1.82, 2.24) is 4.68 Å². The van der Waals surface area contributed by atoms with E-state index in [0.29, 0.717) is 15.7 Å². The van der Waals surface area contributed by atoms with E-state index in [0.717, 1.165) is 16.5 Å². The van der Waals surface area contributed by atoms with Crippen molar-refractivity contribution in [3.05, 3.63) is 69.9 Å². The first-order chi connectivity index (χ1) is 11.0. The SMILES string of the molecule is Cc1ccc(C(=O)Nn2c(=S)cc(C)c3ccc(O)cc32)cc1. The molecule has 2 N–H and O–H groups in total. The average Bonchev–Trinajstić information content (AvgIpc) is 2.51. The minimum Gasteiger partial charge on any atom is -0.508 e. The molecule has 23 heavy (non-hydrogen) atoms. The number of amides is 1. The summed E-state index contributed by atoms with van der Waals surface area (Å²) in [7, 11) is 0. The van der Waals surface area contributed by atoms with E-state index < -0.39 is 0 Å². The van der Waals surface area contributed by atoms with Gasteiger partial charge < -0.3 is 5.11 Å². The Bertz CT molecular complexity index is 959. The number of carbonyl (C=O) groups excluding carboxylic acids is 1. The summed E-state index contributed by atoms with van der Waals surface area (Å²) in [6.45, 7) is 3.91. The van der Waals surface area contributed by atoms with E-state index in [9.17, 15) is 9.90 Å². The summed E-state index contributed by atoms with van der Waals surface area (Å²) < 4.78 is 2.00. The van der Waals surface area contributed by atoms with Crippen molar-refractivity contribution in [2.75, 3.05) is 5.43 Å². The summed E-state index contributed by atoms with van der Waals surface area (Å²) in [5.41, 5.74) is 6.09. The first-order valence-corrected chi connectivity index (χ1v) is 7.60. The molecule has 3 aromatic rings. The number of fused-ring (bicyclic) bond motifs is 1. The van der Waals surface area contributed by atoms with Gasteiger partial charge in [-0.05, 0) is 49.7 Å². The number of phenolic OH excluding ortho intramolecular Hbond substituents is 1. The highest BCUT2D eigenvalue weighted by atomic mass is 32.1. The zero-order valence-corrected chi connectivity index (χ0v) is 13.6. The Hall–Kier alpha value is -2.66. The van der Waals surface area contributed by atoms with Gasteiger partial charge in [0.2, 0.25) is 0 Å². The number of aryl methyl sites for hydroxylation is 2. The highest BCUT2D eigenvalue weighted by molar-refractivity contribution is 7.71. The van der Waals surface area contributed by atoms with Crippen LogP contribution in [0.5, 0.6) is 5.75 Å². The Morgan fingerprint density at radius 2 is 1.78 bits per heavy atom. The molecule has 1 aromatic heterocycles. The van der Waals surface area contributed by atoms with E-state index >= 15 is 0 Å². The van der Waals surface area contributed by atoms with E-state index in [1.54, 1.807) is 24.3 Å². The van der Waals surface area contributed by atoms with Crippen molar-refractivity contribution in [2.24, 2.45) is 0 Å². The minimum atomic E-state index is -0.255. The lowest BCUT2D eigenvalue weighted by Gasteiger charge is -2.15. The summed E-state index contributed by atoms with van der Waals surface area (Å²) in [5, 5.41) is 10.7. The first-order valence-electron chi connectivity index (χ1n) is 7.19. The molecule has 2 aromatic carbocycles. The molecule has 0 aliphatic carbocycles. The van der Waals surface area contributed by atoms with Crippen LogP contribution < -0.4 is 5.43 Å². The van der Waals surface area contributed by atoms with Crippen molar-refractivity contribution < 1.29 is 9.90 Å². The van der Waals surface area contributed by atoms with Gasteiger partial charge in [-0.1, -0.05) is 29.9 Å². The van der Waals surface area contributed by atoms with Crippen LogP contribution in [-0.4, -0.2) is 15.7 Å². The molecule has 0 spiro atoms. The van der Waals surface area contributed by atoms with Crippen LogP contribution in [0.1, 0.15) is 21.5 Å². The second kappa shape index (κ2) is 5.85. The highest BCUT2D eigenvalue weighted by Gasteiger charge is 2.10. The van der Waals surface area contributed by atoms with Gasteiger partial charge in [-0.2, -0.15) is 0 Å². The van der Waals surface area contributed by atoms with Crippen LogP contribution in [-0.2, 0) is 0 Å². The topological polar surface area (TPSA) is 54.3 Å². The molecule has 1 amide bonds. The number of hydrogen-bond acceptors (Lipinski definition) is 3. The quantitative estimate of drug-likeness (QED) is 0.699. The fourth-order valence-electron chi connectivity index (χ4n) is 2.47. The summed E-state index contributed by atoms with van der Waals surface area (Å²) >= 11 is 5.37. The monoisotopic (exact) mass is 324 g/mol. The van der Waals surface area contributed by atoms with Crippen LogP contribution in [0.3, 0.4) is 0 Å². The Labute approximate surface area is 139 Å². The lowest BCUT2D eigenvalue weighted by atomic mass is 10.1. The molecule has 0 radical (unpaired) electrons. The van der Waals surface area contributed by atoms with Gasteiger partial charge in [0.25, 0.3) is 5.91 Å². The molecule has 0 aliphatic heterocycles. The molecule has 0 saturated heterocycles. The number of nitrogens with one attached hydrogen (secondary N) is 1. The van der Waals surface area contributed by atoms with Gasteiger partial charge in [0, 0.05) is 17.0 Å². The fourth-order valence-corrected chi connectivity index (χ4v) is 2.79. The maximum absolute atomic E-state index is 12.5. The third kappa shape index (κ3) is 2.96. The second-order valence-corrected chi connectivity index (χ2v) is 5.93. The number of phenols is 1. The van der Waals surface area contributed by atoms with E-state index in [2.05, 4.69) is 5.43 Å². The van der Waals surface area contributed by atoms with Crippen LogP contribution in [0.4, 0.5) is 0 Å². The largest absolute Gasteiger partial charge is 0.508 e. The number of pyridine rings is 1. The zero-order chi connectivity index (χ0) is 16.6. The van der Waals surface area contributed by atoms with Gasteiger partial charge >= 0.3 is 0 Å². The van der Waals surface area contributed by atoms with Crippen molar-refractivity contribution >= 4 is 29.0 Å². The highest BCUT2D eigenvalue weighted by Crippen LogP contribution is 2.23. The van der Waals surface area contributed by atoms with Gasteiger partial charge in [0.05, 0.1) is 5.52 Å². The number of aromatic nitrogens is 1. The maximum Gasteiger partial charge on any atom is 0.270 e. The average molecular weight is 324 g/mol. The summed E-state index contributed by atoms with van der Waals surface area (Å²) in [6, 6.07) is 14.1. The molecular formula is C18H16N2O2S. The van der Waals surface area contributed by atoms with Crippen molar-refractivity contribution in [1.29, 1.82) is 0 Å². The predicted octanol–water partition coefficient (Wildman–Crippen LogP) is 4.08. The number of rotatable bonds is 2. The van der Waals surface area contributed by atoms with Crippen LogP contribution in [0.25, 0.3) is 10.9 Å². The molecule has 1 heterocycles. The van der Waals surface area contributed by atoms with Gasteiger partial charge in [-0.25, -0.2) is 4.68 Å². The summed E-state index contributed by atoms with van der Waals surface area (Å²) in [6.07, 6.45) is 0. The minimum absolute atomic E-state index is 0.121. The molecule has 0 unspecified atom stereocenters. The van der Waals surface area contributed by atoms with Gasteiger partial charge in [-0.3, -0.25) is 10.2 Å². The Morgan fingerprint density at radius 1 is 1.09 bits per heavy atom. The lowest BCUT2D eigenvalue weighted by Crippen LogP contribution is -2.24. The predicted molar refractivity (Wildman–Crippen MR) is 94.0 cm³/mol. The van der Waals surface area contributed by atoms with E-state index in [-0.39, 0.29) is 11.7 Å². The van der Waals surface area contributed by atoms with E-state index in [4.69, 9.17) is 12.2 Å². The number of aromatic hydroxyl groups is 1. The Kier molecular flexibility index (Phi) is 3.88. The number of benzene rings is 2. The van der Waals surface area contributed by atoms with Gasteiger partial charge in [-0.15, -0.1) is 0 Å². The molecule has 4 nitrogen and oxygen atoms in total. The fraction of sp³-hybridized carbons (Fsp3) is 0.111. The number of carbonyl (C=O) groups is 1. The Morgan fingerprint density at radius 3 is 2.48 bits per heavy atom. The van der Waals surface area contributed by atoms with Gasteiger partial charge in [0.15, 0.2) is 0 Å². The molecule has 0 saturated carbocycles. The second-order valence-electron chi connectivity index (χ2n) is 5.51. The van der Waals surface area contributed by atoms with Crippen molar-refractivity contribution in [3.8, 4) is 5.75 Å². The molecule has 116 valence electrons. The van der Waals surface area contributed by atoms with E-state index in [1.165, 1.54) is 4.68 Å². The summed E-state index contributed by atoms with van der Waals surface area (Å²) in [5.74, 6) is -0.134.